The van der Waals surface area contributed by atoms with Crippen LogP contribution in [0.15, 0.2) is 0 Å². The summed E-state index contributed by atoms with van der Waals surface area (Å²) in [7, 11) is 1.69. The van der Waals surface area contributed by atoms with Gasteiger partial charge in [0.15, 0.2) is 0 Å². The lowest BCUT2D eigenvalue weighted by molar-refractivity contribution is 0.0425. The molecule has 15 heavy (non-hydrogen) atoms. The van der Waals surface area contributed by atoms with Gasteiger partial charge in [0.1, 0.15) is 0 Å². The predicted octanol–water partition coefficient (Wildman–Crippen LogP) is 3.16. The summed E-state index contributed by atoms with van der Waals surface area (Å²) in [6.07, 6.45) is 7.54. The summed E-state index contributed by atoms with van der Waals surface area (Å²) in [5.74, 6) is 0.628. The second-order valence-electron chi connectivity index (χ2n) is 5.09. The van der Waals surface area contributed by atoms with Crippen LogP contribution in [0.2, 0.25) is 0 Å². The molecule has 2 saturated carbocycles. The third kappa shape index (κ3) is 2.68. The first-order chi connectivity index (χ1) is 7.04. The van der Waals surface area contributed by atoms with E-state index in [1.54, 1.807) is 9.24 Å². The van der Waals surface area contributed by atoms with E-state index in [1.165, 1.54) is 32.1 Å². The van der Waals surface area contributed by atoms with Crippen LogP contribution < -0.4 is 5.32 Å². The molecule has 1 nitrogen and oxygen atoms in total. The molecular weight excluding hydrogens is 215 g/mol. The Kier molecular flexibility index (Phi) is 3.33. The first-order valence-electron chi connectivity index (χ1n) is 5.95. The maximum atomic E-state index is 13.2. The Morgan fingerprint density at radius 2 is 1.80 bits per heavy atom. The Labute approximate surface area is 92.6 Å². The second-order valence-corrected chi connectivity index (χ2v) is 5.82. The lowest BCUT2D eigenvalue weighted by Crippen LogP contribution is -2.46. The lowest BCUT2D eigenvalue weighted by atomic mass is 9.89. The lowest BCUT2D eigenvalue weighted by Gasteiger charge is -2.28. The number of hydrogen-bond acceptors (Lipinski definition) is 1. The maximum Gasteiger partial charge on any atom is 0.276 e. The SMILES string of the molecule is FC(F)(P)C1(NCC2CCCCC2)CC1. The summed E-state index contributed by atoms with van der Waals surface area (Å²) in [5.41, 5.74) is -3.52. The van der Waals surface area contributed by atoms with Gasteiger partial charge in [0.25, 0.3) is 5.66 Å². The van der Waals surface area contributed by atoms with Crippen molar-refractivity contribution < 1.29 is 8.78 Å². The van der Waals surface area contributed by atoms with Crippen molar-refractivity contribution in [3.05, 3.63) is 0 Å². The first kappa shape index (κ1) is 11.7. The summed E-state index contributed by atoms with van der Waals surface area (Å²) in [4.78, 5) is 0. The van der Waals surface area contributed by atoms with Crippen LogP contribution in [0.3, 0.4) is 0 Å². The highest BCUT2D eigenvalue weighted by Crippen LogP contribution is 2.51. The van der Waals surface area contributed by atoms with Gasteiger partial charge < -0.3 is 5.32 Å². The van der Waals surface area contributed by atoms with Crippen molar-refractivity contribution in [1.82, 2.24) is 5.32 Å². The molecule has 0 aliphatic heterocycles. The average molecular weight is 235 g/mol. The van der Waals surface area contributed by atoms with Crippen LogP contribution >= 0.6 is 9.24 Å². The fourth-order valence-electron chi connectivity index (χ4n) is 2.48. The molecule has 0 amide bonds. The Hall–Kier alpha value is 0.250. The average Bonchev–Trinajstić information content (AvgIpc) is 2.96. The molecule has 0 bridgehead atoms. The van der Waals surface area contributed by atoms with Crippen LogP contribution in [0.4, 0.5) is 8.78 Å². The molecule has 1 N–H and O–H groups in total. The van der Waals surface area contributed by atoms with E-state index in [4.69, 9.17) is 0 Å². The highest BCUT2D eigenvalue weighted by Gasteiger charge is 2.58. The van der Waals surface area contributed by atoms with Crippen LogP contribution in [0.1, 0.15) is 44.9 Å². The minimum atomic E-state index is -2.64. The molecule has 0 aromatic carbocycles. The normalized spacial score (nSPS) is 26.6. The summed E-state index contributed by atoms with van der Waals surface area (Å²) in [5, 5.41) is 3.11. The monoisotopic (exact) mass is 235 g/mol. The number of alkyl halides is 2. The summed E-state index contributed by atoms with van der Waals surface area (Å²) in [6, 6.07) is 0. The molecule has 0 radical (unpaired) electrons. The third-order valence-corrected chi connectivity index (χ3v) is 4.39. The predicted molar refractivity (Wildman–Crippen MR) is 61.2 cm³/mol. The smallest absolute Gasteiger partial charge is 0.276 e. The van der Waals surface area contributed by atoms with Gasteiger partial charge in [-0.15, -0.1) is 0 Å². The molecule has 88 valence electrons. The largest absolute Gasteiger partial charge is 0.306 e. The molecule has 1 unspecified atom stereocenters. The molecule has 0 aromatic rings. The first-order valence-corrected chi connectivity index (χ1v) is 6.53. The molecule has 0 saturated heterocycles. The van der Waals surface area contributed by atoms with Crippen molar-refractivity contribution >= 4 is 9.24 Å². The molecule has 4 heteroatoms. The van der Waals surface area contributed by atoms with Crippen LogP contribution in [-0.2, 0) is 0 Å². The van der Waals surface area contributed by atoms with Crippen LogP contribution in [0, 0.1) is 5.92 Å². The topological polar surface area (TPSA) is 12.0 Å². The molecular formula is C11H20F2NP. The van der Waals surface area contributed by atoms with Gasteiger partial charge in [-0.1, -0.05) is 28.5 Å². The maximum absolute atomic E-state index is 13.2. The molecule has 2 aliphatic carbocycles. The van der Waals surface area contributed by atoms with Crippen molar-refractivity contribution in [1.29, 1.82) is 0 Å². The van der Waals surface area contributed by atoms with Gasteiger partial charge in [-0.25, -0.2) is 8.78 Å². The Balaban J connectivity index is 1.77. The van der Waals surface area contributed by atoms with Gasteiger partial charge in [0.05, 0.1) is 5.54 Å². The molecule has 0 spiro atoms. The summed E-state index contributed by atoms with van der Waals surface area (Å²) < 4.78 is 26.4. The van der Waals surface area contributed by atoms with Gasteiger partial charge in [-0.05, 0) is 38.1 Å². The standard InChI is InChI=1S/C11H20F2NP/c12-11(13,15)10(6-7-10)14-8-9-4-2-1-3-5-9/h9,14H,1-8,15H2. The molecule has 0 aromatic heterocycles. The van der Waals surface area contributed by atoms with Gasteiger partial charge >= 0.3 is 0 Å². The van der Waals surface area contributed by atoms with Crippen molar-refractivity contribution in [2.75, 3.05) is 6.54 Å². The van der Waals surface area contributed by atoms with E-state index in [0.717, 1.165) is 6.54 Å². The van der Waals surface area contributed by atoms with E-state index in [0.29, 0.717) is 18.8 Å². The van der Waals surface area contributed by atoms with E-state index in [9.17, 15) is 8.78 Å². The highest BCUT2D eigenvalue weighted by atomic mass is 31.0. The fourth-order valence-corrected chi connectivity index (χ4v) is 2.87. The van der Waals surface area contributed by atoms with E-state index in [2.05, 4.69) is 5.32 Å². The number of hydrogen-bond donors (Lipinski definition) is 1. The zero-order valence-electron chi connectivity index (χ0n) is 9.07. The highest BCUT2D eigenvalue weighted by molar-refractivity contribution is 7.18. The number of nitrogens with one attached hydrogen (secondary N) is 1. The molecule has 2 aliphatic rings. The van der Waals surface area contributed by atoms with E-state index in [-0.39, 0.29) is 0 Å². The van der Waals surface area contributed by atoms with Crippen molar-refractivity contribution in [3.8, 4) is 0 Å². The van der Waals surface area contributed by atoms with Crippen LogP contribution in [-0.4, -0.2) is 17.7 Å². The second kappa shape index (κ2) is 4.25. The van der Waals surface area contributed by atoms with E-state index in [1.807, 2.05) is 0 Å². The fraction of sp³-hybridized carbons (Fsp3) is 1.00. The van der Waals surface area contributed by atoms with Gasteiger partial charge in [0, 0.05) is 0 Å². The summed E-state index contributed by atoms with van der Waals surface area (Å²) >= 11 is 0. The zero-order valence-corrected chi connectivity index (χ0v) is 10.2. The van der Waals surface area contributed by atoms with Gasteiger partial charge in [-0.3, -0.25) is 0 Å². The molecule has 2 fully saturated rings. The van der Waals surface area contributed by atoms with E-state index < -0.39 is 11.2 Å². The van der Waals surface area contributed by atoms with Crippen molar-refractivity contribution in [2.45, 2.75) is 56.1 Å². The Bertz CT molecular complexity index is 217. The molecule has 0 heterocycles. The van der Waals surface area contributed by atoms with Gasteiger partial charge in [-0.2, -0.15) is 0 Å². The van der Waals surface area contributed by atoms with Crippen LogP contribution in [0.25, 0.3) is 0 Å². The molecule has 1 atom stereocenters. The zero-order chi connectivity index (χ0) is 10.9. The Morgan fingerprint density at radius 3 is 2.27 bits per heavy atom. The number of halogens is 2. The summed E-state index contributed by atoms with van der Waals surface area (Å²) in [6.45, 7) is 0.782. The van der Waals surface area contributed by atoms with Gasteiger partial charge in [0.2, 0.25) is 0 Å². The van der Waals surface area contributed by atoms with Crippen molar-refractivity contribution in [2.24, 2.45) is 5.92 Å². The van der Waals surface area contributed by atoms with Crippen LogP contribution in [0.5, 0.6) is 0 Å². The Morgan fingerprint density at radius 1 is 1.20 bits per heavy atom. The minimum Gasteiger partial charge on any atom is -0.306 e. The van der Waals surface area contributed by atoms with E-state index >= 15 is 0 Å². The quantitative estimate of drug-likeness (QED) is 0.738. The molecule has 2 rings (SSSR count). The van der Waals surface area contributed by atoms with Crippen molar-refractivity contribution in [3.63, 3.8) is 0 Å². The third-order valence-electron chi connectivity index (χ3n) is 3.84. The minimum absolute atomic E-state index is 0.621. The number of rotatable bonds is 4.